The summed E-state index contributed by atoms with van der Waals surface area (Å²) in [7, 11) is 0. The Bertz CT molecular complexity index is 789. The van der Waals surface area contributed by atoms with Crippen LogP contribution in [0.15, 0.2) is 18.2 Å². The molecule has 3 amide bonds. The summed E-state index contributed by atoms with van der Waals surface area (Å²) >= 11 is 5.81. The van der Waals surface area contributed by atoms with Crippen molar-refractivity contribution in [1.29, 1.82) is 0 Å². The summed E-state index contributed by atoms with van der Waals surface area (Å²) in [6, 6.07) is 1.15. The van der Waals surface area contributed by atoms with Crippen LogP contribution in [0.4, 0.5) is 22.4 Å². The zero-order valence-corrected chi connectivity index (χ0v) is 15.9. The molecule has 0 radical (unpaired) electrons. The molecule has 0 aromatic heterocycles. The van der Waals surface area contributed by atoms with E-state index in [0.29, 0.717) is 0 Å². The number of carbonyl (C=O) groups is 2. The van der Waals surface area contributed by atoms with Gasteiger partial charge in [0.1, 0.15) is 11.9 Å². The van der Waals surface area contributed by atoms with Crippen LogP contribution in [0.5, 0.6) is 0 Å². The summed E-state index contributed by atoms with van der Waals surface area (Å²) in [5.74, 6) is -3.91. The van der Waals surface area contributed by atoms with E-state index in [1.807, 2.05) is 0 Å². The van der Waals surface area contributed by atoms with Crippen LogP contribution in [0.1, 0.15) is 31.9 Å². The van der Waals surface area contributed by atoms with Gasteiger partial charge in [-0.15, -0.1) is 0 Å². The molecule has 3 unspecified atom stereocenters. The Kier molecular flexibility index (Phi) is 5.24. The van der Waals surface area contributed by atoms with Crippen LogP contribution in [0.3, 0.4) is 0 Å². The number of amides is 3. The van der Waals surface area contributed by atoms with Crippen LogP contribution in [-0.4, -0.2) is 30.7 Å². The first-order valence-electron chi connectivity index (χ1n) is 8.76. The summed E-state index contributed by atoms with van der Waals surface area (Å²) in [6.07, 6.45) is -4.24. The summed E-state index contributed by atoms with van der Waals surface area (Å²) in [5, 5.41) is 7.18. The average Bonchev–Trinajstić information content (AvgIpc) is 2.98. The first-order chi connectivity index (χ1) is 12.9. The Morgan fingerprint density at radius 1 is 1.36 bits per heavy atom. The van der Waals surface area contributed by atoms with Crippen molar-refractivity contribution in [3.05, 3.63) is 34.6 Å². The normalized spacial score (nSPS) is 27.4. The van der Waals surface area contributed by atoms with Crippen LogP contribution >= 0.6 is 11.6 Å². The Balaban J connectivity index is 1.91. The predicted molar refractivity (Wildman–Crippen MR) is 94.0 cm³/mol. The second kappa shape index (κ2) is 7.09. The molecule has 154 valence electrons. The largest absolute Gasteiger partial charge is 0.392 e. The Hall–Kier alpha value is -2.03. The Morgan fingerprint density at radius 2 is 2.04 bits per heavy atom. The van der Waals surface area contributed by atoms with E-state index in [1.54, 1.807) is 0 Å². The molecule has 1 saturated heterocycles. The number of hydrogen-bond acceptors (Lipinski definition) is 2. The second-order valence-corrected chi connectivity index (χ2v) is 8.35. The minimum Gasteiger partial charge on any atom is -0.347 e. The van der Waals surface area contributed by atoms with Gasteiger partial charge in [0.05, 0.1) is 17.0 Å². The third kappa shape index (κ3) is 3.90. The second-order valence-electron chi connectivity index (χ2n) is 7.94. The zero-order chi connectivity index (χ0) is 20.9. The van der Waals surface area contributed by atoms with Gasteiger partial charge >= 0.3 is 12.2 Å². The molecule has 1 aliphatic heterocycles. The molecule has 0 bridgehead atoms. The van der Waals surface area contributed by atoms with Crippen LogP contribution < -0.4 is 16.0 Å². The number of carbonyl (C=O) groups excluding carboxylic acids is 2. The minimum absolute atomic E-state index is 0.0282. The Morgan fingerprint density at radius 3 is 2.54 bits per heavy atom. The lowest BCUT2D eigenvalue weighted by Crippen LogP contribution is -2.57. The van der Waals surface area contributed by atoms with E-state index in [1.165, 1.54) is 26.0 Å². The molecule has 1 aliphatic carbocycles. The molecule has 1 heterocycles. The molecule has 28 heavy (non-hydrogen) atoms. The molecule has 0 spiro atoms. The lowest BCUT2D eigenvalue weighted by Gasteiger charge is -2.54. The molecule has 2 aliphatic rings. The molecule has 1 aromatic rings. The molecule has 1 saturated carbocycles. The zero-order valence-electron chi connectivity index (χ0n) is 15.2. The van der Waals surface area contributed by atoms with Crippen LogP contribution in [-0.2, 0) is 4.79 Å². The van der Waals surface area contributed by atoms with Crippen molar-refractivity contribution in [2.75, 3.05) is 6.54 Å². The molecule has 5 nitrogen and oxygen atoms in total. The van der Waals surface area contributed by atoms with Crippen molar-refractivity contribution in [1.82, 2.24) is 16.0 Å². The van der Waals surface area contributed by atoms with Gasteiger partial charge in [-0.2, -0.15) is 13.2 Å². The van der Waals surface area contributed by atoms with E-state index in [-0.39, 0.29) is 23.6 Å². The Labute approximate surface area is 164 Å². The number of rotatable bonds is 4. The fourth-order valence-corrected chi connectivity index (χ4v) is 4.47. The highest BCUT2D eigenvalue weighted by Gasteiger charge is 2.62. The highest BCUT2D eigenvalue weighted by atomic mass is 35.5. The molecular formula is C18H20ClF4N3O2. The van der Waals surface area contributed by atoms with E-state index in [4.69, 9.17) is 11.6 Å². The molecule has 2 fully saturated rings. The summed E-state index contributed by atoms with van der Waals surface area (Å²) < 4.78 is 54.6. The molecule has 4 atom stereocenters. The van der Waals surface area contributed by atoms with Gasteiger partial charge in [0.2, 0.25) is 5.91 Å². The highest BCUT2D eigenvalue weighted by Crippen LogP contribution is 2.61. The summed E-state index contributed by atoms with van der Waals surface area (Å²) in [6.45, 7) is 3.08. The lowest BCUT2D eigenvalue weighted by molar-refractivity contribution is -0.263. The molecule has 3 N–H and O–H groups in total. The molecular weight excluding hydrogens is 402 g/mol. The minimum atomic E-state index is -4.46. The van der Waals surface area contributed by atoms with Gasteiger partial charge in [-0.05, 0) is 35.4 Å². The van der Waals surface area contributed by atoms with E-state index >= 15 is 0 Å². The third-order valence-electron chi connectivity index (χ3n) is 5.50. The fraction of sp³-hybridized carbons (Fsp3) is 0.556. The van der Waals surface area contributed by atoms with E-state index < -0.39 is 53.3 Å². The fourth-order valence-electron chi connectivity index (χ4n) is 4.28. The van der Waals surface area contributed by atoms with Crippen molar-refractivity contribution in [2.45, 2.75) is 38.5 Å². The highest BCUT2D eigenvalue weighted by molar-refractivity contribution is 6.30. The van der Waals surface area contributed by atoms with Crippen molar-refractivity contribution in [2.24, 2.45) is 17.3 Å². The van der Waals surface area contributed by atoms with Gasteiger partial charge in [-0.3, -0.25) is 4.79 Å². The van der Waals surface area contributed by atoms with Crippen LogP contribution in [0.25, 0.3) is 0 Å². The first kappa shape index (κ1) is 20.7. The standard InChI is InChI=1S/C18H20ClF4N3O2/c1-17(2)6-9(14(17)18(21,22)23)13(8-3-4-11(20)10(19)5-8)26-15(27)12-7-24-16(28)25-12/h3-5,9,12-14H,6-7H2,1-2H3,(H,26,27)(H2,24,25,28)/t9?,12-,13?,14?/m0/s1. The van der Waals surface area contributed by atoms with Crippen molar-refractivity contribution in [3.63, 3.8) is 0 Å². The van der Waals surface area contributed by atoms with Gasteiger partial charge in [0.15, 0.2) is 0 Å². The molecule has 1 aromatic carbocycles. The summed E-state index contributed by atoms with van der Waals surface area (Å²) in [4.78, 5) is 23.8. The SMILES string of the molecule is CC1(C)CC(C(NC(=O)[C@@H]2CNC(=O)N2)c2ccc(F)c(Cl)c2)C1C(F)(F)F. The third-order valence-corrected chi connectivity index (χ3v) is 5.79. The number of benzene rings is 1. The number of hydrogen-bond donors (Lipinski definition) is 3. The average molecular weight is 422 g/mol. The van der Waals surface area contributed by atoms with Gasteiger partial charge in [-0.25, -0.2) is 9.18 Å². The quantitative estimate of drug-likeness (QED) is 0.651. The maximum atomic E-state index is 13.7. The number of alkyl halides is 3. The van der Waals surface area contributed by atoms with Crippen LogP contribution in [0.2, 0.25) is 5.02 Å². The van der Waals surface area contributed by atoms with Gasteiger partial charge in [-0.1, -0.05) is 31.5 Å². The van der Waals surface area contributed by atoms with Gasteiger partial charge in [0.25, 0.3) is 0 Å². The number of halogens is 5. The van der Waals surface area contributed by atoms with Crippen LogP contribution in [0, 0.1) is 23.1 Å². The van der Waals surface area contributed by atoms with Crippen molar-refractivity contribution < 1.29 is 27.2 Å². The van der Waals surface area contributed by atoms with Crippen molar-refractivity contribution >= 4 is 23.5 Å². The molecule has 3 rings (SSSR count). The topological polar surface area (TPSA) is 70.2 Å². The predicted octanol–water partition coefficient (Wildman–Crippen LogP) is 3.54. The van der Waals surface area contributed by atoms with Gasteiger partial charge in [0, 0.05) is 6.54 Å². The smallest absolute Gasteiger partial charge is 0.347 e. The van der Waals surface area contributed by atoms with E-state index in [2.05, 4.69) is 16.0 Å². The number of nitrogens with one attached hydrogen (secondary N) is 3. The monoisotopic (exact) mass is 421 g/mol. The number of urea groups is 1. The van der Waals surface area contributed by atoms with E-state index in [0.717, 1.165) is 6.07 Å². The first-order valence-corrected chi connectivity index (χ1v) is 9.14. The summed E-state index contributed by atoms with van der Waals surface area (Å²) in [5.41, 5.74) is -0.703. The maximum Gasteiger partial charge on any atom is 0.392 e. The maximum absolute atomic E-state index is 13.7. The van der Waals surface area contributed by atoms with Crippen molar-refractivity contribution in [3.8, 4) is 0 Å². The van der Waals surface area contributed by atoms with E-state index in [9.17, 15) is 27.2 Å². The lowest BCUT2D eigenvalue weighted by atomic mass is 9.52. The van der Waals surface area contributed by atoms with Gasteiger partial charge < -0.3 is 16.0 Å². The molecule has 10 heteroatoms.